The number of carbonyl (C=O) groups is 1. The Bertz CT molecular complexity index is 129. The molecule has 0 amide bonds. The zero-order chi connectivity index (χ0) is 9.56. The van der Waals surface area contributed by atoms with Gasteiger partial charge in [0.2, 0.25) is 0 Å². The monoisotopic (exact) mass is 176 g/mol. The van der Waals surface area contributed by atoms with E-state index in [1.807, 2.05) is 0 Å². The number of esters is 1. The van der Waals surface area contributed by atoms with Gasteiger partial charge in [-0.25, -0.2) is 0 Å². The molecule has 0 aliphatic carbocycles. The normalized spacial score (nSPS) is 10.8. The van der Waals surface area contributed by atoms with E-state index in [-0.39, 0.29) is 18.5 Å². The Hall–Kier alpha value is -0.610. The van der Waals surface area contributed by atoms with Crippen LogP contribution in [0.3, 0.4) is 0 Å². The molecule has 0 aromatic heterocycles. The molecule has 0 saturated carbocycles. The molecule has 0 aromatic rings. The Kier molecular flexibility index (Phi) is 5.66. The fourth-order valence-corrected chi connectivity index (χ4v) is 0.710. The van der Waals surface area contributed by atoms with Gasteiger partial charge < -0.3 is 14.2 Å². The largest absolute Gasteiger partial charge is 0.463 e. The summed E-state index contributed by atoms with van der Waals surface area (Å²) in [6.07, 6.45) is -0.464. The third-order valence-corrected chi connectivity index (χ3v) is 1.23. The maximum atomic E-state index is 11.0. The molecule has 0 heterocycles. The summed E-state index contributed by atoms with van der Waals surface area (Å²) in [4.78, 5) is 11.0. The summed E-state index contributed by atoms with van der Waals surface area (Å²) in [6, 6.07) is 0. The zero-order valence-corrected chi connectivity index (χ0v) is 7.99. The molecule has 0 rings (SSSR count). The second-order valence-electron chi connectivity index (χ2n) is 2.64. The number of hydrogen-bond acceptors (Lipinski definition) is 4. The van der Waals surface area contributed by atoms with Crippen molar-refractivity contribution in [1.29, 1.82) is 0 Å². The van der Waals surface area contributed by atoms with Crippen molar-refractivity contribution in [2.45, 2.75) is 32.7 Å². The summed E-state index contributed by atoms with van der Waals surface area (Å²) in [5.41, 5.74) is 0. The van der Waals surface area contributed by atoms with Crippen molar-refractivity contribution in [1.82, 2.24) is 0 Å². The summed E-state index contributed by atoms with van der Waals surface area (Å²) in [7, 11) is 2.97. The van der Waals surface area contributed by atoms with Crippen molar-refractivity contribution in [2.75, 3.05) is 14.2 Å². The van der Waals surface area contributed by atoms with E-state index in [1.54, 1.807) is 13.8 Å². The second kappa shape index (κ2) is 5.97. The molecule has 0 aliphatic heterocycles. The molecule has 0 unspecified atom stereocenters. The van der Waals surface area contributed by atoms with Gasteiger partial charge in [-0.3, -0.25) is 4.79 Å². The van der Waals surface area contributed by atoms with Crippen LogP contribution in [0.5, 0.6) is 0 Å². The van der Waals surface area contributed by atoms with Crippen LogP contribution in [0.1, 0.15) is 20.3 Å². The van der Waals surface area contributed by atoms with Gasteiger partial charge in [0, 0.05) is 14.2 Å². The first-order chi connectivity index (χ1) is 5.60. The van der Waals surface area contributed by atoms with Gasteiger partial charge in [-0.2, -0.15) is 0 Å². The minimum atomic E-state index is -0.503. The highest BCUT2D eigenvalue weighted by atomic mass is 16.7. The van der Waals surface area contributed by atoms with E-state index in [2.05, 4.69) is 0 Å². The third-order valence-electron chi connectivity index (χ3n) is 1.23. The van der Waals surface area contributed by atoms with Crippen LogP contribution in [0.15, 0.2) is 0 Å². The predicted octanol–water partition coefficient (Wildman–Crippen LogP) is 0.947. The van der Waals surface area contributed by atoms with E-state index in [0.29, 0.717) is 0 Å². The summed E-state index contributed by atoms with van der Waals surface area (Å²) in [6.45, 7) is 3.60. The Morgan fingerprint density at radius 3 is 2.08 bits per heavy atom. The van der Waals surface area contributed by atoms with Crippen molar-refractivity contribution in [3.8, 4) is 0 Å². The molecule has 4 nitrogen and oxygen atoms in total. The van der Waals surface area contributed by atoms with Crippen molar-refractivity contribution >= 4 is 5.97 Å². The third kappa shape index (κ3) is 5.09. The van der Waals surface area contributed by atoms with Crippen LogP contribution in [0.25, 0.3) is 0 Å². The summed E-state index contributed by atoms with van der Waals surface area (Å²) >= 11 is 0. The lowest BCUT2D eigenvalue weighted by Gasteiger charge is -2.13. The van der Waals surface area contributed by atoms with E-state index in [1.165, 1.54) is 14.2 Å². The van der Waals surface area contributed by atoms with Crippen molar-refractivity contribution in [2.24, 2.45) is 0 Å². The number of ether oxygens (including phenoxy) is 3. The summed E-state index contributed by atoms with van der Waals surface area (Å²) in [5.74, 6) is -0.307. The first-order valence-corrected chi connectivity index (χ1v) is 3.85. The molecular weight excluding hydrogens is 160 g/mol. The topological polar surface area (TPSA) is 44.8 Å². The lowest BCUT2D eigenvalue weighted by Crippen LogP contribution is -2.21. The molecule has 0 atom stereocenters. The number of rotatable bonds is 5. The minimum Gasteiger partial charge on any atom is -0.463 e. The van der Waals surface area contributed by atoms with Crippen molar-refractivity contribution < 1.29 is 19.0 Å². The molecule has 0 radical (unpaired) electrons. The van der Waals surface area contributed by atoms with E-state index in [0.717, 1.165) is 0 Å². The van der Waals surface area contributed by atoms with Gasteiger partial charge in [-0.15, -0.1) is 0 Å². The Labute approximate surface area is 72.8 Å². The maximum absolute atomic E-state index is 11.0. The van der Waals surface area contributed by atoms with Gasteiger partial charge in [0.05, 0.1) is 12.5 Å². The molecule has 72 valence electrons. The Morgan fingerprint density at radius 1 is 1.25 bits per heavy atom. The second-order valence-corrected chi connectivity index (χ2v) is 2.64. The van der Waals surface area contributed by atoms with Gasteiger partial charge >= 0.3 is 5.97 Å². The predicted molar refractivity (Wildman–Crippen MR) is 43.7 cm³/mol. The van der Waals surface area contributed by atoms with Gasteiger partial charge in [-0.1, -0.05) is 0 Å². The molecule has 0 spiro atoms. The van der Waals surface area contributed by atoms with Crippen molar-refractivity contribution in [3.63, 3.8) is 0 Å². The highest BCUT2D eigenvalue weighted by Gasteiger charge is 2.13. The average Bonchev–Trinajstić information content (AvgIpc) is 1.98. The maximum Gasteiger partial charge on any atom is 0.311 e. The van der Waals surface area contributed by atoms with E-state index < -0.39 is 6.29 Å². The van der Waals surface area contributed by atoms with Gasteiger partial charge in [0.25, 0.3) is 0 Å². The fourth-order valence-electron chi connectivity index (χ4n) is 0.710. The lowest BCUT2D eigenvalue weighted by molar-refractivity contribution is -0.162. The number of hydrogen-bond donors (Lipinski definition) is 0. The lowest BCUT2D eigenvalue weighted by atomic mass is 10.4. The van der Waals surface area contributed by atoms with Crippen LogP contribution >= 0.6 is 0 Å². The zero-order valence-electron chi connectivity index (χ0n) is 7.99. The smallest absolute Gasteiger partial charge is 0.311 e. The SMILES string of the molecule is COC(CC(=O)OC(C)C)OC. The van der Waals surface area contributed by atoms with Crippen molar-refractivity contribution in [3.05, 3.63) is 0 Å². The molecule has 4 heteroatoms. The molecule has 12 heavy (non-hydrogen) atoms. The molecule has 0 aromatic carbocycles. The van der Waals surface area contributed by atoms with E-state index in [9.17, 15) is 4.79 Å². The summed E-state index contributed by atoms with van der Waals surface area (Å²) in [5, 5.41) is 0. The van der Waals surface area contributed by atoms with Crippen LogP contribution in [0, 0.1) is 0 Å². The molecule has 0 fully saturated rings. The van der Waals surface area contributed by atoms with Crippen LogP contribution < -0.4 is 0 Å². The first-order valence-electron chi connectivity index (χ1n) is 3.85. The number of carbonyl (C=O) groups excluding carboxylic acids is 1. The van der Waals surface area contributed by atoms with Crippen LogP contribution in [0.2, 0.25) is 0 Å². The van der Waals surface area contributed by atoms with E-state index in [4.69, 9.17) is 14.2 Å². The molecule has 0 saturated heterocycles. The van der Waals surface area contributed by atoms with Gasteiger partial charge in [0.1, 0.15) is 0 Å². The van der Waals surface area contributed by atoms with Crippen LogP contribution in [-0.4, -0.2) is 32.6 Å². The minimum absolute atomic E-state index is 0.0909. The molecular formula is C8H16O4. The first kappa shape index (κ1) is 11.4. The fraction of sp³-hybridized carbons (Fsp3) is 0.875. The Balaban J connectivity index is 3.66. The van der Waals surface area contributed by atoms with Gasteiger partial charge in [0.15, 0.2) is 6.29 Å². The highest BCUT2D eigenvalue weighted by Crippen LogP contribution is 2.01. The van der Waals surface area contributed by atoms with E-state index >= 15 is 0 Å². The molecule has 0 aliphatic rings. The number of methoxy groups -OCH3 is 2. The molecule has 0 N–H and O–H groups in total. The van der Waals surface area contributed by atoms with Crippen LogP contribution in [0.4, 0.5) is 0 Å². The molecule has 0 bridgehead atoms. The Morgan fingerprint density at radius 2 is 1.75 bits per heavy atom. The highest BCUT2D eigenvalue weighted by molar-refractivity contribution is 5.69. The standard InChI is InChI=1S/C8H16O4/c1-6(2)12-7(9)5-8(10-3)11-4/h6,8H,5H2,1-4H3. The summed E-state index contributed by atoms with van der Waals surface area (Å²) < 4.78 is 14.5. The van der Waals surface area contributed by atoms with Gasteiger partial charge in [-0.05, 0) is 13.8 Å². The van der Waals surface area contributed by atoms with Crippen LogP contribution in [-0.2, 0) is 19.0 Å². The quantitative estimate of drug-likeness (QED) is 0.462. The average molecular weight is 176 g/mol.